The van der Waals surface area contributed by atoms with E-state index in [4.69, 9.17) is 20.0 Å². The van der Waals surface area contributed by atoms with Crippen LogP contribution in [0.3, 0.4) is 0 Å². The third-order valence-corrected chi connectivity index (χ3v) is 13.5. The van der Waals surface area contributed by atoms with E-state index in [-0.39, 0.29) is 6.29 Å². The minimum absolute atomic E-state index is 0.166. The van der Waals surface area contributed by atoms with Gasteiger partial charge in [0.2, 0.25) is 0 Å². The summed E-state index contributed by atoms with van der Waals surface area (Å²) in [6, 6.07) is 0. The van der Waals surface area contributed by atoms with Crippen molar-refractivity contribution >= 4 is 30.1 Å². The number of unbranched alkanes of at least 4 members (excludes halogenated alkanes) is 25. The highest BCUT2D eigenvalue weighted by atomic mass is 33.1. The van der Waals surface area contributed by atoms with E-state index in [1.165, 1.54) is 173 Å². The van der Waals surface area contributed by atoms with Crippen molar-refractivity contribution in [2.24, 2.45) is 0 Å². The van der Waals surface area contributed by atoms with Crippen LogP contribution in [0.1, 0.15) is 194 Å². The van der Waals surface area contributed by atoms with E-state index < -0.39 is 8.56 Å². The Balaban J connectivity index is 4.22. The lowest BCUT2D eigenvalue weighted by Gasteiger charge is -2.29. The van der Waals surface area contributed by atoms with Crippen LogP contribution >= 0.6 is 21.6 Å². The molecule has 0 saturated carbocycles. The fourth-order valence-electron chi connectivity index (χ4n) is 6.18. The van der Waals surface area contributed by atoms with Crippen molar-refractivity contribution in [3.8, 4) is 12.3 Å². The van der Waals surface area contributed by atoms with E-state index in [1.54, 1.807) is 0 Å². The van der Waals surface area contributed by atoms with E-state index in [9.17, 15) is 0 Å². The maximum Gasteiger partial charge on any atom is 0.333 e. The molecule has 0 aromatic carbocycles. The smallest absolute Gasteiger partial charge is 0.333 e. The number of ether oxygens (including phenoxy) is 1. The molecule has 49 heavy (non-hydrogen) atoms. The molecule has 1 atom stereocenters. The van der Waals surface area contributed by atoms with Gasteiger partial charge in [-0.25, -0.2) is 0 Å². The molecule has 4 nitrogen and oxygen atoms in total. The van der Waals surface area contributed by atoms with Crippen molar-refractivity contribution in [2.45, 2.75) is 213 Å². The number of terminal acetylenes is 1. The molecule has 0 fully saturated rings. The maximum atomic E-state index is 6.59. The molecular weight excluding hydrogens is 659 g/mol. The number of hydrogen-bond donors (Lipinski definition) is 0. The van der Waals surface area contributed by atoms with Gasteiger partial charge in [-0.2, -0.15) is 0 Å². The Morgan fingerprint density at radius 1 is 0.571 bits per heavy atom. The molecule has 0 bridgehead atoms. The Morgan fingerprint density at radius 2 is 1.00 bits per heavy atom. The number of nitrogens with zero attached hydrogens (tertiary/aromatic N) is 1. The van der Waals surface area contributed by atoms with Gasteiger partial charge in [0, 0.05) is 19.0 Å². The van der Waals surface area contributed by atoms with Gasteiger partial charge in [0.25, 0.3) is 0 Å². The molecule has 0 saturated heterocycles. The van der Waals surface area contributed by atoms with E-state index in [1.807, 2.05) is 21.6 Å². The second-order valence-corrected chi connectivity index (χ2v) is 20.9. The summed E-state index contributed by atoms with van der Waals surface area (Å²) in [6.07, 6.45) is 43.2. The molecule has 0 aromatic rings. The zero-order valence-electron chi connectivity index (χ0n) is 33.7. The third kappa shape index (κ3) is 39.4. The summed E-state index contributed by atoms with van der Waals surface area (Å²) >= 11 is 0. The van der Waals surface area contributed by atoms with Crippen LogP contribution in [0.4, 0.5) is 0 Å². The van der Waals surface area contributed by atoms with Crippen molar-refractivity contribution in [1.82, 2.24) is 4.90 Å². The third-order valence-electron chi connectivity index (χ3n) is 9.33. The molecule has 7 heteroatoms. The van der Waals surface area contributed by atoms with Gasteiger partial charge in [-0.05, 0) is 52.4 Å². The van der Waals surface area contributed by atoms with Crippen LogP contribution < -0.4 is 0 Å². The first kappa shape index (κ1) is 49.3. The van der Waals surface area contributed by atoms with Crippen LogP contribution in [0.25, 0.3) is 0 Å². The highest BCUT2D eigenvalue weighted by Gasteiger charge is 2.29. The van der Waals surface area contributed by atoms with Crippen LogP contribution in [-0.2, 0) is 13.6 Å². The van der Waals surface area contributed by atoms with Gasteiger partial charge in [0.05, 0.1) is 12.3 Å². The SMILES string of the molecule is C#CCN(C)CCCCCCO[Si](C)(C)OC(CSSCCCCCCCCCCCC)OCCCCCCCCCCCCCCCC. The minimum atomic E-state index is -2.26. The van der Waals surface area contributed by atoms with Crippen LogP contribution in [0, 0.1) is 12.3 Å². The molecule has 0 rings (SSSR count). The lowest BCUT2D eigenvalue weighted by molar-refractivity contribution is -0.0829. The Bertz CT molecular complexity index is 693. The van der Waals surface area contributed by atoms with Gasteiger partial charge < -0.3 is 13.6 Å². The van der Waals surface area contributed by atoms with Gasteiger partial charge in [-0.15, -0.1) is 6.42 Å². The highest BCUT2D eigenvalue weighted by Crippen LogP contribution is 2.27. The van der Waals surface area contributed by atoms with Gasteiger partial charge >= 0.3 is 8.56 Å². The van der Waals surface area contributed by atoms with Crippen LogP contribution in [-0.4, -0.2) is 64.6 Å². The van der Waals surface area contributed by atoms with Gasteiger partial charge in [0.1, 0.15) is 0 Å². The molecule has 0 spiro atoms. The molecular formula is C42H85NO3S2Si. The topological polar surface area (TPSA) is 30.9 Å². The van der Waals surface area contributed by atoms with Gasteiger partial charge in [0.15, 0.2) is 6.29 Å². The summed E-state index contributed by atoms with van der Waals surface area (Å²) < 4.78 is 19.3. The second kappa shape index (κ2) is 39.5. The molecule has 0 heterocycles. The molecule has 292 valence electrons. The van der Waals surface area contributed by atoms with Gasteiger partial charge in [-0.1, -0.05) is 195 Å². The molecule has 0 aliphatic rings. The Kier molecular flexibility index (Phi) is 39.8. The van der Waals surface area contributed by atoms with E-state index in [0.29, 0.717) is 0 Å². The predicted molar refractivity (Wildman–Crippen MR) is 226 cm³/mol. The molecule has 0 N–H and O–H groups in total. The predicted octanol–water partition coefficient (Wildman–Crippen LogP) is 14.0. The summed E-state index contributed by atoms with van der Waals surface area (Å²) in [4.78, 5) is 2.22. The fourth-order valence-corrected chi connectivity index (χ4v) is 9.93. The highest BCUT2D eigenvalue weighted by molar-refractivity contribution is 8.76. The van der Waals surface area contributed by atoms with E-state index in [0.717, 1.165) is 44.9 Å². The van der Waals surface area contributed by atoms with E-state index in [2.05, 4.69) is 44.8 Å². The zero-order chi connectivity index (χ0) is 35.9. The molecule has 0 aliphatic carbocycles. The summed E-state index contributed by atoms with van der Waals surface area (Å²) in [5.74, 6) is 4.82. The average molecular weight is 744 g/mol. The fraction of sp³-hybridized carbons (Fsp3) is 0.952. The summed E-state index contributed by atoms with van der Waals surface area (Å²) in [6.45, 7) is 12.4. The standard InChI is InChI=1S/C42H85NO3S2Si/c1-7-10-12-14-16-18-20-21-22-23-24-26-29-33-38-44-42(41-48-47-40-35-31-27-25-19-17-15-13-11-8-2)46-49(5,6)45-39-34-30-28-32-37-43(4)36-9-3/h3,42H,7-8,10-41H2,1-2,4-6H3. The Hall–Kier alpha value is 0.317. The van der Waals surface area contributed by atoms with Crippen LogP contribution in [0.5, 0.6) is 0 Å². The molecule has 0 aromatic heterocycles. The Labute approximate surface area is 317 Å². The van der Waals surface area contributed by atoms with Crippen molar-refractivity contribution in [3.63, 3.8) is 0 Å². The monoisotopic (exact) mass is 744 g/mol. The normalized spacial score (nSPS) is 12.6. The number of rotatable bonds is 41. The quantitative estimate of drug-likeness (QED) is 0.0204. The van der Waals surface area contributed by atoms with Crippen molar-refractivity contribution in [3.05, 3.63) is 0 Å². The summed E-state index contributed by atoms with van der Waals surface area (Å²) in [5, 5.41) is 0. The average Bonchev–Trinajstić information content (AvgIpc) is 3.08. The molecule has 0 aliphatic heterocycles. The van der Waals surface area contributed by atoms with Gasteiger partial charge in [-0.3, -0.25) is 4.90 Å². The van der Waals surface area contributed by atoms with Crippen molar-refractivity contribution < 1.29 is 13.6 Å². The second-order valence-electron chi connectivity index (χ2n) is 14.9. The molecule has 0 amide bonds. The lowest BCUT2D eigenvalue weighted by Crippen LogP contribution is -2.41. The summed E-state index contributed by atoms with van der Waals surface area (Å²) in [7, 11) is 3.77. The largest absolute Gasteiger partial charge is 0.394 e. The summed E-state index contributed by atoms with van der Waals surface area (Å²) in [5.41, 5.74) is 0. The zero-order valence-corrected chi connectivity index (χ0v) is 36.3. The maximum absolute atomic E-state index is 6.59. The first-order valence-electron chi connectivity index (χ1n) is 21.2. The van der Waals surface area contributed by atoms with Crippen LogP contribution in [0.15, 0.2) is 0 Å². The first-order chi connectivity index (χ1) is 23.9. The van der Waals surface area contributed by atoms with Crippen LogP contribution in [0.2, 0.25) is 13.1 Å². The van der Waals surface area contributed by atoms with Crippen molar-refractivity contribution in [1.29, 1.82) is 0 Å². The van der Waals surface area contributed by atoms with Crippen molar-refractivity contribution in [2.75, 3.05) is 44.9 Å². The molecule has 1 unspecified atom stereocenters. The Morgan fingerprint density at radius 3 is 1.49 bits per heavy atom. The molecule has 0 radical (unpaired) electrons. The first-order valence-corrected chi connectivity index (χ1v) is 26.5. The van der Waals surface area contributed by atoms with E-state index >= 15 is 0 Å². The lowest BCUT2D eigenvalue weighted by atomic mass is 10.0. The number of hydrogen-bond acceptors (Lipinski definition) is 6. The minimum Gasteiger partial charge on any atom is -0.394 e.